The Morgan fingerprint density at radius 1 is 1.36 bits per heavy atom. The third kappa shape index (κ3) is 1.32. The zero-order valence-electron chi connectivity index (χ0n) is 7.04. The standard InChI is InChI=1S/C9H5N3OS/c10-6-8-12(13)9(11-14-8)7-4-2-1-3-5-7/h1-5H. The van der Waals surface area contributed by atoms with E-state index in [1.54, 1.807) is 18.2 Å². The van der Waals surface area contributed by atoms with Crippen LogP contribution in [0, 0.1) is 16.5 Å². The molecule has 2 aromatic rings. The fourth-order valence-corrected chi connectivity index (χ4v) is 1.63. The number of rotatable bonds is 1. The summed E-state index contributed by atoms with van der Waals surface area (Å²) in [5, 5.41) is 20.1. The van der Waals surface area contributed by atoms with E-state index in [1.807, 2.05) is 18.2 Å². The maximum Gasteiger partial charge on any atom is 0.349 e. The normalized spacial score (nSPS) is 9.64. The van der Waals surface area contributed by atoms with Crippen LogP contribution in [0.15, 0.2) is 30.3 Å². The van der Waals surface area contributed by atoms with Crippen molar-refractivity contribution in [3.63, 3.8) is 0 Å². The van der Waals surface area contributed by atoms with Gasteiger partial charge >= 0.3 is 10.8 Å². The molecule has 4 nitrogen and oxygen atoms in total. The molecule has 14 heavy (non-hydrogen) atoms. The molecule has 0 atom stereocenters. The van der Waals surface area contributed by atoms with Crippen molar-refractivity contribution >= 4 is 11.5 Å². The first-order valence-electron chi connectivity index (χ1n) is 3.87. The highest BCUT2D eigenvalue weighted by atomic mass is 32.1. The summed E-state index contributed by atoms with van der Waals surface area (Å²) in [7, 11) is 0. The molecule has 0 spiro atoms. The molecule has 0 aliphatic carbocycles. The van der Waals surface area contributed by atoms with Crippen LogP contribution >= 0.6 is 11.5 Å². The maximum absolute atomic E-state index is 11.4. The highest BCUT2D eigenvalue weighted by molar-refractivity contribution is 7.05. The van der Waals surface area contributed by atoms with Gasteiger partial charge in [0.25, 0.3) is 0 Å². The molecule has 2 rings (SSSR count). The predicted octanol–water partition coefficient (Wildman–Crippen LogP) is 1.32. The average molecular weight is 203 g/mol. The number of hydrogen-bond donors (Lipinski definition) is 0. The van der Waals surface area contributed by atoms with Crippen molar-refractivity contribution in [2.24, 2.45) is 0 Å². The number of nitriles is 1. The molecule has 0 saturated carbocycles. The second-order valence-corrected chi connectivity index (χ2v) is 3.34. The first-order chi connectivity index (χ1) is 6.83. The van der Waals surface area contributed by atoms with Gasteiger partial charge in [0.05, 0.1) is 5.56 Å². The van der Waals surface area contributed by atoms with Gasteiger partial charge in [-0.3, -0.25) is 0 Å². The molecule has 0 aliphatic heterocycles. The molecule has 1 heterocycles. The van der Waals surface area contributed by atoms with Gasteiger partial charge in [0, 0.05) is 4.37 Å². The van der Waals surface area contributed by atoms with Crippen LogP contribution in [-0.4, -0.2) is 4.37 Å². The summed E-state index contributed by atoms with van der Waals surface area (Å²) in [6, 6.07) is 10.9. The number of nitrogens with zero attached hydrogens (tertiary/aromatic N) is 3. The summed E-state index contributed by atoms with van der Waals surface area (Å²) in [4.78, 5) is 0. The van der Waals surface area contributed by atoms with Gasteiger partial charge in [0.2, 0.25) is 0 Å². The van der Waals surface area contributed by atoms with Crippen LogP contribution in [0.25, 0.3) is 11.4 Å². The van der Waals surface area contributed by atoms with Gasteiger partial charge < -0.3 is 5.21 Å². The fraction of sp³-hybridized carbons (Fsp3) is 0. The Bertz CT molecular complexity index is 487. The summed E-state index contributed by atoms with van der Waals surface area (Å²) in [5.41, 5.74) is 0.722. The predicted molar refractivity (Wildman–Crippen MR) is 51.2 cm³/mol. The van der Waals surface area contributed by atoms with Crippen molar-refractivity contribution in [3.05, 3.63) is 40.5 Å². The third-order valence-corrected chi connectivity index (χ3v) is 2.42. The first kappa shape index (κ1) is 8.66. The van der Waals surface area contributed by atoms with Gasteiger partial charge in [-0.25, -0.2) is 4.73 Å². The van der Waals surface area contributed by atoms with Crippen LogP contribution in [0.1, 0.15) is 5.01 Å². The van der Waals surface area contributed by atoms with Crippen LogP contribution in [-0.2, 0) is 0 Å². The quantitative estimate of drug-likeness (QED) is 0.518. The number of benzene rings is 1. The van der Waals surface area contributed by atoms with E-state index >= 15 is 0 Å². The van der Waals surface area contributed by atoms with Gasteiger partial charge in [0.15, 0.2) is 17.6 Å². The van der Waals surface area contributed by atoms with Crippen molar-refractivity contribution in [1.82, 2.24) is 4.37 Å². The first-order valence-corrected chi connectivity index (χ1v) is 4.65. The molecule has 0 N–H and O–H groups in total. The molecule has 68 valence electrons. The van der Waals surface area contributed by atoms with Crippen molar-refractivity contribution in [3.8, 4) is 17.5 Å². The molecule has 1 aromatic heterocycles. The maximum atomic E-state index is 11.4. The average Bonchev–Trinajstić information content (AvgIpc) is 2.61. The van der Waals surface area contributed by atoms with Crippen molar-refractivity contribution in [2.75, 3.05) is 0 Å². The van der Waals surface area contributed by atoms with Gasteiger partial charge in [-0.1, -0.05) is 18.2 Å². The topological polar surface area (TPSA) is 63.6 Å². The summed E-state index contributed by atoms with van der Waals surface area (Å²) in [6.45, 7) is 0. The molecule has 0 unspecified atom stereocenters. The van der Waals surface area contributed by atoms with E-state index in [4.69, 9.17) is 5.26 Å². The minimum Gasteiger partial charge on any atom is -0.709 e. The lowest BCUT2D eigenvalue weighted by Crippen LogP contribution is -2.29. The molecule has 1 aromatic carbocycles. The van der Waals surface area contributed by atoms with Crippen molar-refractivity contribution < 1.29 is 4.73 Å². The van der Waals surface area contributed by atoms with Crippen LogP contribution in [0.4, 0.5) is 0 Å². The Morgan fingerprint density at radius 3 is 2.64 bits per heavy atom. The number of aromatic nitrogens is 2. The second kappa shape index (κ2) is 3.44. The SMILES string of the molecule is N#Cc1snc(-c2ccccc2)[n+]1[O-]. The van der Waals surface area contributed by atoms with E-state index in [1.165, 1.54) is 0 Å². The molecule has 0 aliphatic rings. The Labute approximate surface area is 84.4 Å². The Morgan fingerprint density at radius 2 is 2.07 bits per heavy atom. The Balaban J connectivity index is 2.54. The van der Waals surface area contributed by atoms with Gasteiger partial charge in [-0.05, 0) is 12.1 Å². The molecule has 5 heteroatoms. The molecular weight excluding hydrogens is 198 g/mol. The lowest BCUT2D eigenvalue weighted by atomic mass is 10.2. The Hall–Kier alpha value is -1.93. The zero-order chi connectivity index (χ0) is 9.97. The molecule has 0 radical (unpaired) electrons. The second-order valence-electron chi connectivity index (χ2n) is 2.58. The van der Waals surface area contributed by atoms with Crippen LogP contribution in [0.5, 0.6) is 0 Å². The van der Waals surface area contributed by atoms with E-state index in [0.717, 1.165) is 17.1 Å². The fourth-order valence-electron chi connectivity index (χ4n) is 1.08. The van der Waals surface area contributed by atoms with E-state index in [-0.39, 0.29) is 10.8 Å². The lowest BCUT2D eigenvalue weighted by molar-refractivity contribution is -0.593. The minimum absolute atomic E-state index is 0.0591. The highest BCUT2D eigenvalue weighted by Crippen LogP contribution is 2.14. The van der Waals surface area contributed by atoms with Crippen molar-refractivity contribution in [2.45, 2.75) is 0 Å². The van der Waals surface area contributed by atoms with Crippen LogP contribution in [0.3, 0.4) is 0 Å². The van der Waals surface area contributed by atoms with E-state index in [0.29, 0.717) is 4.73 Å². The summed E-state index contributed by atoms with van der Waals surface area (Å²) in [6.07, 6.45) is 0. The molecule has 0 bridgehead atoms. The number of hydrogen-bond acceptors (Lipinski definition) is 4. The summed E-state index contributed by atoms with van der Waals surface area (Å²) >= 11 is 0.910. The summed E-state index contributed by atoms with van der Waals surface area (Å²) < 4.78 is 4.48. The van der Waals surface area contributed by atoms with E-state index in [2.05, 4.69) is 4.37 Å². The molecular formula is C9H5N3OS. The summed E-state index contributed by atoms with van der Waals surface area (Å²) in [5.74, 6) is 0.284. The van der Waals surface area contributed by atoms with Gasteiger partial charge in [-0.15, -0.1) is 0 Å². The van der Waals surface area contributed by atoms with Crippen molar-refractivity contribution in [1.29, 1.82) is 5.26 Å². The lowest BCUT2D eigenvalue weighted by Gasteiger charge is -1.98. The van der Waals surface area contributed by atoms with Gasteiger partial charge in [0.1, 0.15) is 0 Å². The zero-order valence-corrected chi connectivity index (χ0v) is 7.86. The Kier molecular flexibility index (Phi) is 2.13. The highest BCUT2D eigenvalue weighted by Gasteiger charge is 2.17. The van der Waals surface area contributed by atoms with E-state index < -0.39 is 0 Å². The smallest absolute Gasteiger partial charge is 0.349 e. The molecule has 0 saturated heterocycles. The molecule has 0 amide bonds. The van der Waals surface area contributed by atoms with Gasteiger partial charge in [-0.2, -0.15) is 5.26 Å². The monoisotopic (exact) mass is 203 g/mol. The minimum atomic E-state index is 0.0591. The molecule has 0 fully saturated rings. The van der Waals surface area contributed by atoms with Crippen LogP contribution in [0.2, 0.25) is 0 Å². The largest absolute Gasteiger partial charge is 0.709 e. The van der Waals surface area contributed by atoms with Crippen LogP contribution < -0.4 is 4.73 Å². The third-order valence-electron chi connectivity index (χ3n) is 1.72. The van der Waals surface area contributed by atoms with E-state index in [9.17, 15) is 5.21 Å².